The van der Waals surface area contributed by atoms with E-state index in [0.29, 0.717) is 34.9 Å². The van der Waals surface area contributed by atoms with Gasteiger partial charge in [0.05, 0.1) is 0 Å². The Balaban J connectivity index is 0.000000143. The molecule has 0 saturated heterocycles. The van der Waals surface area contributed by atoms with Gasteiger partial charge >= 0.3 is 0 Å². The Bertz CT molecular complexity index is 7650. The maximum Gasteiger partial charge on any atom is 0.164 e. The van der Waals surface area contributed by atoms with Gasteiger partial charge in [-0.15, -0.1) is 0 Å². The molecule has 0 spiro atoms. The van der Waals surface area contributed by atoms with Crippen LogP contribution in [0.4, 0.5) is 0 Å². The molecule has 23 aromatic rings. The van der Waals surface area contributed by atoms with E-state index in [9.17, 15) is 0 Å². The minimum Gasteiger partial charge on any atom is -0.208 e. The topological polar surface area (TPSA) is 77.3 Å². The molecule has 0 aliphatic heterocycles. The highest BCUT2D eigenvalue weighted by Gasteiger charge is 2.23. The van der Waals surface area contributed by atoms with Gasteiger partial charge in [0.15, 0.2) is 34.9 Å². The van der Waals surface area contributed by atoms with Crippen molar-refractivity contribution >= 4 is 108 Å². The average Bonchev–Trinajstić information content (AvgIpc) is 0.732. The molecule has 0 aliphatic carbocycles. The fraction of sp³-hybridized carbons (Fsp3) is 0. The minimum atomic E-state index is 0.630. The highest BCUT2D eigenvalue weighted by Crippen LogP contribution is 2.48. The highest BCUT2D eigenvalue weighted by atomic mass is 15.0. The third-order valence-corrected chi connectivity index (χ3v) is 23.3. The van der Waals surface area contributed by atoms with Crippen LogP contribution in [0, 0.1) is 0 Å². The van der Waals surface area contributed by atoms with Crippen LogP contribution in [0.3, 0.4) is 0 Å². The van der Waals surface area contributed by atoms with Crippen molar-refractivity contribution in [3.63, 3.8) is 0 Å². The summed E-state index contributed by atoms with van der Waals surface area (Å²) in [5, 5.41) is 23.9. The molecule has 548 valence electrons. The van der Waals surface area contributed by atoms with E-state index in [1.807, 2.05) is 0 Å². The monoisotopic (exact) mass is 1500 g/mol. The molecule has 0 atom stereocenters. The Labute approximate surface area is 681 Å². The first kappa shape index (κ1) is 69.0. The second kappa shape index (κ2) is 29.3. The van der Waals surface area contributed by atoms with Crippen LogP contribution < -0.4 is 0 Å². The van der Waals surface area contributed by atoms with Gasteiger partial charge in [0.1, 0.15) is 0 Å². The van der Waals surface area contributed by atoms with Crippen molar-refractivity contribution in [3.8, 4) is 124 Å². The molecule has 2 heterocycles. The Morgan fingerprint density at radius 1 is 0.110 bits per heavy atom. The van der Waals surface area contributed by atoms with Crippen LogP contribution in [0.5, 0.6) is 0 Å². The van der Waals surface area contributed by atoms with Crippen molar-refractivity contribution in [1.82, 2.24) is 29.9 Å². The van der Waals surface area contributed by atoms with E-state index in [1.165, 1.54) is 131 Å². The summed E-state index contributed by atoms with van der Waals surface area (Å²) in [4.78, 5) is 31.0. The largest absolute Gasteiger partial charge is 0.208 e. The molecular weight excluding hydrogens is 1430 g/mol. The van der Waals surface area contributed by atoms with Crippen molar-refractivity contribution in [2.24, 2.45) is 0 Å². The summed E-state index contributed by atoms with van der Waals surface area (Å²) in [7, 11) is 0. The molecule has 2 aromatic heterocycles. The molecule has 0 unspecified atom stereocenters. The lowest BCUT2D eigenvalue weighted by Crippen LogP contribution is -2.00. The van der Waals surface area contributed by atoms with Gasteiger partial charge in [0.2, 0.25) is 0 Å². The quantitative estimate of drug-likeness (QED) is 0.120. The van der Waals surface area contributed by atoms with E-state index < -0.39 is 0 Å². The molecular formula is C112H70N6. The first-order valence-corrected chi connectivity index (χ1v) is 40.1. The lowest BCUT2D eigenvalue weighted by molar-refractivity contribution is 1.07. The fourth-order valence-electron chi connectivity index (χ4n) is 17.6. The van der Waals surface area contributed by atoms with Gasteiger partial charge < -0.3 is 0 Å². The van der Waals surface area contributed by atoms with Crippen LogP contribution in [0.1, 0.15) is 0 Å². The molecule has 0 bridgehead atoms. The second-order valence-electron chi connectivity index (χ2n) is 30.4. The van der Waals surface area contributed by atoms with Crippen LogP contribution in [0.15, 0.2) is 425 Å². The summed E-state index contributed by atoms with van der Waals surface area (Å²) in [5.41, 5.74) is 17.6. The standard InChI is InChI=1S/C59H37N3.C53H33N3/c1-4-15-43-34-46(31-26-38(43)12-1)41-24-29-42(30-25-41)55-51-20-7-9-22-53(51)56(54-23-10-8-21-52(54)55)47-18-11-19-48(37-47)57-60-58(49-32-27-39-13-2-5-16-44(39)35-49)62-59(61-57)50-33-28-40-14-3-6-17-45(40)36-50;1-3-16-37-31-41(29-27-34(37)13-1)52-54-51(55-53(56-52)42-30-28-35-14-2-4-17-38(35)32-42)40-20-11-19-39(33-40)49-45-22-7-9-24-47(45)50(48-25-10-8-23-46(48)49)44-26-12-18-36-15-5-6-21-43(36)44/h1-37H;1-33H. The number of benzene rings is 21. The average molecular weight is 1500 g/mol. The fourth-order valence-corrected chi connectivity index (χ4v) is 17.6. The first-order chi connectivity index (χ1) is 58.4. The summed E-state index contributed by atoms with van der Waals surface area (Å²) >= 11 is 0. The van der Waals surface area contributed by atoms with Gasteiger partial charge in [-0.3, -0.25) is 0 Å². The highest BCUT2D eigenvalue weighted by molar-refractivity contribution is 6.24. The van der Waals surface area contributed by atoms with Gasteiger partial charge in [0.25, 0.3) is 0 Å². The molecule has 0 N–H and O–H groups in total. The number of nitrogens with zero attached hydrogens (tertiary/aromatic N) is 6. The molecule has 23 rings (SSSR count). The molecule has 0 saturated carbocycles. The predicted octanol–water partition coefficient (Wildman–Crippen LogP) is 29.6. The molecule has 118 heavy (non-hydrogen) atoms. The molecule has 0 radical (unpaired) electrons. The number of aromatic nitrogens is 6. The van der Waals surface area contributed by atoms with Crippen LogP contribution in [0.25, 0.3) is 232 Å². The van der Waals surface area contributed by atoms with Crippen LogP contribution in [-0.2, 0) is 0 Å². The maximum absolute atomic E-state index is 5.20. The van der Waals surface area contributed by atoms with Gasteiger partial charge in [-0.05, 0) is 206 Å². The third kappa shape index (κ3) is 12.7. The van der Waals surface area contributed by atoms with Crippen LogP contribution in [0.2, 0.25) is 0 Å². The van der Waals surface area contributed by atoms with E-state index in [1.54, 1.807) is 0 Å². The zero-order valence-corrected chi connectivity index (χ0v) is 64.1. The Kier molecular flexibility index (Phi) is 17.1. The van der Waals surface area contributed by atoms with Gasteiger partial charge in [0, 0.05) is 33.4 Å². The first-order valence-electron chi connectivity index (χ1n) is 40.1. The number of hydrogen-bond donors (Lipinski definition) is 0. The normalized spacial score (nSPS) is 11.6. The van der Waals surface area contributed by atoms with E-state index in [2.05, 4.69) is 425 Å². The number of hydrogen-bond acceptors (Lipinski definition) is 6. The third-order valence-electron chi connectivity index (χ3n) is 23.3. The lowest BCUT2D eigenvalue weighted by atomic mass is 9.84. The van der Waals surface area contributed by atoms with E-state index >= 15 is 0 Å². The Morgan fingerprint density at radius 3 is 0.653 bits per heavy atom. The van der Waals surface area contributed by atoms with Gasteiger partial charge in [-0.1, -0.05) is 382 Å². The lowest BCUT2D eigenvalue weighted by Gasteiger charge is -2.19. The van der Waals surface area contributed by atoms with Crippen LogP contribution in [-0.4, -0.2) is 29.9 Å². The Morgan fingerprint density at radius 2 is 0.322 bits per heavy atom. The minimum absolute atomic E-state index is 0.630. The molecule has 0 aliphatic rings. The summed E-state index contributed by atoms with van der Waals surface area (Å²) in [5.74, 6) is 3.83. The van der Waals surface area contributed by atoms with Crippen molar-refractivity contribution in [2.45, 2.75) is 0 Å². The summed E-state index contributed by atoms with van der Waals surface area (Å²) in [6.45, 7) is 0. The smallest absolute Gasteiger partial charge is 0.164 e. The maximum atomic E-state index is 5.20. The molecule has 0 amide bonds. The number of fused-ring (bicyclic) bond motifs is 10. The Hall–Kier alpha value is -15.8. The zero-order valence-electron chi connectivity index (χ0n) is 64.1. The second-order valence-corrected chi connectivity index (χ2v) is 30.4. The SMILES string of the molecule is c1cc(-c2nc(-c3ccc4ccccc4c3)nc(-c3ccc4ccccc4c3)n2)cc(-c2c3ccccc3c(-c3ccc(-c4ccc5ccccc5c4)cc3)c3ccccc23)c1.c1cc(-c2nc(-c3ccc4ccccc4c3)nc(-c3ccc4ccccc4c3)n2)cc(-c2c3ccccc3c(-c3cccc4ccccc34)c3ccccc23)c1. The predicted molar refractivity (Wildman–Crippen MR) is 495 cm³/mol. The van der Waals surface area contributed by atoms with E-state index in [4.69, 9.17) is 29.9 Å². The van der Waals surface area contributed by atoms with E-state index in [-0.39, 0.29) is 0 Å². The molecule has 21 aromatic carbocycles. The molecule has 6 nitrogen and oxygen atoms in total. The zero-order chi connectivity index (χ0) is 78.0. The summed E-state index contributed by atoms with van der Waals surface area (Å²) in [6, 6.07) is 152. The van der Waals surface area contributed by atoms with Crippen molar-refractivity contribution < 1.29 is 0 Å². The van der Waals surface area contributed by atoms with E-state index in [0.717, 1.165) is 66.1 Å². The molecule has 0 fully saturated rings. The summed E-state index contributed by atoms with van der Waals surface area (Å²) in [6.07, 6.45) is 0. The van der Waals surface area contributed by atoms with Crippen LogP contribution >= 0.6 is 0 Å². The van der Waals surface area contributed by atoms with Gasteiger partial charge in [-0.2, -0.15) is 0 Å². The van der Waals surface area contributed by atoms with Crippen molar-refractivity contribution in [2.75, 3.05) is 0 Å². The van der Waals surface area contributed by atoms with Crippen molar-refractivity contribution in [3.05, 3.63) is 425 Å². The summed E-state index contributed by atoms with van der Waals surface area (Å²) < 4.78 is 0. The molecule has 6 heteroatoms. The van der Waals surface area contributed by atoms with Gasteiger partial charge in [-0.25, -0.2) is 29.9 Å². The van der Waals surface area contributed by atoms with Crippen molar-refractivity contribution in [1.29, 1.82) is 0 Å². The number of rotatable bonds is 11.